The molecule has 7 aliphatic rings. The minimum absolute atomic E-state index is 0.00115. The Hall–Kier alpha value is -2.44. The number of fused-ring (bicyclic) bond motifs is 3. The molecule has 0 radical (unpaired) electrons. The van der Waals surface area contributed by atoms with Crippen molar-refractivity contribution >= 4 is 11.6 Å². The second kappa shape index (κ2) is 6.82. The summed E-state index contributed by atoms with van der Waals surface area (Å²) in [6.07, 6.45) is 9.71. The second-order valence-corrected chi connectivity index (χ2v) is 12.1. The number of hydrogen-bond donors (Lipinski definition) is 0. The Morgan fingerprint density at radius 2 is 1.85 bits per heavy atom. The van der Waals surface area contributed by atoms with E-state index >= 15 is 0 Å². The first kappa shape index (κ1) is 20.9. The third-order valence-electron chi connectivity index (χ3n) is 9.76. The molecule has 0 spiro atoms. The van der Waals surface area contributed by atoms with Crippen LogP contribution < -0.4 is 9.64 Å². The van der Waals surface area contributed by atoms with Gasteiger partial charge in [-0.2, -0.15) is 4.98 Å². The molecule has 0 unspecified atom stereocenters. The Balaban J connectivity index is 1.13. The van der Waals surface area contributed by atoms with Gasteiger partial charge in [-0.15, -0.1) is 0 Å². The molecule has 7 saturated carbocycles. The number of ether oxygens (including phenoxy) is 1. The van der Waals surface area contributed by atoms with Gasteiger partial charge in [0.2, 0.25) is 11.8 Å². The summed E-state index contributed by atoms with van der Waals surface area (Å²) in [5.41, 5.74) is -0.639. The van der Waals surface area contributed by atoms with Crippen molar-refractivity contribution in [1.82, 2.24) is 10.1 Å². The molecule has 0 aliphatic heterocycles. The zero-order chi connectivity index (χ0) is 23.2. The smallest absolute Gasteiger partial charge is 0.233 e. The van der Waals surface area contributed by atoms with Gasteiger partial charge in [0.05, 0.1) is 12.5 Å². The third-order valence-corrected chi connectivity index (χ3v) is 9.76. The molecule has 1 amide bonds. The van der Waals surface area contributed by atoms with E-state index < -0.39 is 11.1 Å². The zero-order valence-corrected chi connectivity index (χ0v) is 19.8. The highest BCUT2D eigenvalue weighted by atomic mass is 19.1. The van der Waals surface area contributed by atoms with Crippen molar-refractivity contribution in [3.63, 3.8) is 0 Å². The number of carbonyl (C=O) groups is 1. The first-order valence-electron chi connectivity index (χ1n) is 12.8. The van der Waals surface area contributed by atoms with E-state index in [1.54, 1.807) is 7.11 Å². The van der Waals surface area contributed by atoms with Gasteiger partial charge in [0.25, 0.3) is 0 Å². The molecule has 1 aromatic carbocycles. The van der Waals surface area contributed by atoms with Gasteiger partial charge in [0, 0.05) is 29.6 Å². The lowest BCUT2D eigenvalue weighted by Gasteiger charge is -2.65. The molecule has 0 N–H and O–H groups in total. The maximum Gasteiger partial charge on any atom is 0.233 e. The molecule has 180 valence electrons. The van der Waals surface area contributed by atoms with Crippen LogP contribution in [-0.2, 0) is 10.2 Å². The van der Waals surface area contributed by atoms with E-state index in [0.29, 0.717) is 31.7 Å². The van der Waals surface area contributed by atoms with Gasteiger partial charge >= 0.3 is 0 Å². The summed E-state index contributed by atoms with van der Waals surface area (Å²) >= 11 is 0. The number of alkyl halides is 1. The van der Waals surface area contributed by atoms with Crippen molar-refractivity contribution in [3.8, 4) is 5.75 Å². The summed E-state index contributed by atoms with van der Waals surface area (Å²) in [5.74, 6) is 3.07. The van der Waals surface area contributed by atoms with E-state index in [9.17, 15) is 9.18 Å². The van der Waals surface area contributed by atoms with Crippen LogP contribution in [0.2, 0.25) is 0 Å². The Labute approximate surface area is 199 Å². The molecular formula is C27H32FN3O3. The van der Waals surface area contributed by atoms with Gasteiger partial charge in [-0.25, -0.2) is 4.39 Å². The summed E-state index contributed by atoms with van der Waals surface area (Å²) in [6.45, 7) is 0.688. The molecule has 7 heteroatoms. The second-order valence-electron chi connectivity index (χ2n) is 12.1. The molecule has 9 rings (SSSR count). The number of halogens is 1. The van der Waals surface area contributed by atoms with E-state index in [1.807, 2.05) is 29.2 Å². The Kier molecular flexibility index (Phi) is 4.19. The molecular weight excluding hydrogens is 433 g/mol. The van der Waals surface area contributed by atoms with Crippen LogP contribution in [0.5, 0.6) is 5.75 Å². The van der Waals surface area contributed by atoms with Crippen LogP contribution in [-0.4, -0.2) is 35.4 Å². The Morgan fingerprint density at radius 3 is 2.47 bits per heavy atom. The third kappa shape index (κ3) is 3.01. The summed E-state index contributed by atoms with van der Waals surface area (Å²) in [4.78, 5) is 20.6. The van der Waals surface area contributed by atoms with Gasteiger partial charge in [-0.1, -0.05) is 11.2 Å². The maximum absolute atomic E-state index is 14.3. The highest BCUT2D eigenvalue weighted by Gasteiger charge is 2.73. The van der Waals surface area contributed by atoms with E-state index in [-0.39, 0.29) is 16.7 Å². The van der Waals surface area contributed by atoms with Crippen LogP contribution in [0.3, 0.4) is 0 Å². The van der Waals surface area contributed by atoms with Gasteiger partial charge in [-0.05, 0) is 88.2 Å². The van der Waals surface area contributed by atoms with E-state index in [1.165, 1.54) is 12.8 Å². The van der Waals surface area contributed by atoms with Crippen molar-refractivity contribution < 1.29 is 18.4 Å². The van der Waals surface area contributed by atoms with Crippen molar-refractivity contribution in [1.29, 1.82) is 0 Å². The standard InChI is InChI=1S/C27H32FN3O3/c1-33-20-4-2-3-19(13-20)31(23(32)26-14-27(28,15-26)16-26)17-24-7-10-25(11-8-24,12-9-24)22-29-21(30-34-22)18-5-6-18/h2-4,13,18H,5-12,14-17H2,1H3. The average molecular weight is 466 g/mol. The summed E-state index contributed by atoms with van der Waals surface area (Å²) < 4.78 is 25.5. The molecule has 0 saturated heterocycles. The van der Waals surface area contributed by atoms with Crippen LogP contribution in [0.4, 0.5) is 10.1 Å². The predicted octanol–water partition coefficient (Wildman–Crippen LogP) is 5.47. The Morgan fingerprint density at radius 1 is 1.15 bits per heavy atom. The topological polar surface area (TPSA) is 68.5 Å². The van der Waals surface area contributed by atoms with Crippen molar-refractivity contribution in [2.75, 3.05) is 18.6 Å². The minimum Gasteiger partial charge on any atom is -0.497 e. The summed E-state index contributed by atoms with van der Waals surface area (Å²) in [6, 6.07) is 7.77. The van der Waals surface area contributed by atoms with E-state index in [2.05, 4.69) is 5.16 Å². The summed E-state index contributed by atoms with van der Waals surface area (Å²) in [5, 5.41) is 4.28. The van der Waals surface area contributed by atoms with Crippen LogP contribution in [0.25, 0.3) is 0 Å². The van der Waals surface area contributed by atoms with Crippen molar-refractivity contribution in [2.45, 2.75) is 87.6 Å². The number of methoxy groups -OCH3 is 1. The van der Waals surface area contributed by atoms with E-state index in [4.69, 9.17) is 14.2 Å². The van der Waals surface area contributed by atoms with Crippen LogP contribution in [0.1, 0.15) is 88.3 Å². The lowest BCUT2D eigenvalue weighted by molar-refractivity contribution is -0.211. The van der Waals surface area contributed by atoms with Crippen LogP contribution >= 0.6 is 0 Å². The largest absolute Gasteiger partial charge is 0.497 e. The quantitative estimate of drug-likeness (QED) is 0.542. The molecule has 0 atom stereocenters. The Bertz CT molecular complexity index is 1110. The number of aromatic nitrogens is 2. The number of amides is 1. The van der Waals surface area contributed by atoms with Gasteiger partial charge < -0.3 is 14.2 Å². The number of nitrogens with zero attached hydrogens (tertiary/aromatic N) is 3. The highest BCUT2D eigenvalue weighted by Crippen LogP contribution is 2.70. The zero-order valence-electron chi connectivity index (χ0n) is 19.8. The SMILES string of the molecule is COc1cccc(N(CC23CCC(c4nc(C5CC5)no4)(CC2)CC3)C(=O)C23CC(F)(C2)C3)c1. The number of rotatable bonds is 7. The molecule has 4 bridgehead atoms. The van der Waals surface area contributed by atoms with E-state index in [0.717, 1.165) is 61.7 Å². The number of carbonyl (C=O) groups excluding carboxylic acids is 1. The van der Waals surface area contributed by atoms with Gasteiger partial charge in [0.15, 0.2) is 5.82 Å². The minimum atomic E-state index is -1.09. The lowest BCUT2D eigenvalue weighted by Crippen LogP contribution is -2.71. The van der Waals surface area contributed by atoms with Crippen molar-refractivity contribution in [2.24, 2.45) is 10.8 Å². The number of benzene rings is 1. The normalized spacial score (nSPS) is 37.6. The predicted molar refractivity (Wildman–Crippen MR) is 124 cm³/mol. The van der Waals surface area contributed by atoms with Crippen molar-refractivity contribution in [3.05, 3.63) is 36.0 Å². The molecule has 7 aliphatic carbocycles. The fourth-order valence-corrected chi connectivity index (χ4v) is 7.35. The van der Waals surface area contributed by atoms with Gasteiger partial charge in [-0.3, -0.25) is 4.79 Å². The molecule has 7 fully saturated rings. The molecule has 6 nitrogen and oxygen atoms in total. The first-order chi connectivity index (χ1) is 16.4. The lowest BCUT2D eigenvalue weighted by atomic mass is 9.41. The maximum atomic E-state index is 14.3. The number of anilines is 1. The molecule has 34 heavy (non-hydrogen) atoms. The fourth-order valence-electron chi connectivity index (χ4n) is 7.35. The summed E-state index contributed by atoms with van der Waals surface area (Å²) in [7, 11) is 1.64. The average Bonchev–Trinajstić information content (AvgIpc) is 3.56. The highest BCUT2D eigenvalue weighted by molar-refractivity contribution is 6.00. The monoisotopic (exact) mass is 465 g/mol. The first-order valence-corrected chi connectivity index (χ1v) is 12.8. The molecule has 2 aromatic rings. The number of hydrogen-bond acceptors (Lipinski definition) is 5. The molecule has 1 heterocycles. The van der Waals surface area contributed by atoms with Crippen LogP contribution in [0.15, 0.2) is 28.8 Å². The fraction of sp³-hybridized carbons (Fsp3) is 0.667. The molecule has 1 aromatic heterocycles. The van der Waals surface area contributed by atoms with Gasteiger partial charge in [0.1, 0.15) is 11.4 Å². The van der Waals surface area contributed by atoms with Crippen LogP contribution in [0, 0.1) is 10.8 Å².